The Morgan fingerprint density at radius 2 is 0.500 bits per heavy atom. The van der Waals surface area contributed by atoms with Crippen LogP contribution < -0.4 is 0 Å². The zero-order valence-electron chi connectivity index (χ0n) is 56.0. The van der Waals surface area contributed by atoms with Gasteiger partial charge in [0.25, 0.3) is 0 Å². The predicted molar refractivity (Wildman–Crippen MR) is 425 cm³/mol. The van der Waals surface area contributed by atoms with Crippen LogP contribution in [0.4, 0.5) is 0 Å². The number of benzene rings is 14. The maximum atomic E-state index is 5.27. The van der Waals surface area contributed by atoms with Crippen LogP contribution >= 0.6 is 0 Å². The number of nitrogens with zero attached hydrogens (tertiary/aromatic N) is 10. The molecule has 20 rings (SSSR count). The monoisotopic (exact) mass is 1330 g/mol. The highest BCUT2D eigenvalue weighted by atomic mass is 15.0. The minimum atomic E-state index is 0.564. The van der Waals surface area contributed by atoms with Crippen LogP contribution in [0.1, 0.15) is 0 Å². The number of hydrogen-bond donors (Lipinski definition) is 0. The van der Waals surface area contributed by atoms with Crippen molar-refractivity contribution in [3.05, 3.63) is 352 Å². The average Bonchev–Trinajstić information content (AvgIpc) is 0.741. The van der Waals surface area contributed by atoms with Gasteiger partial charge in [-0.25, -0.2) is 39.9 Å². The highest BCUT2D eigenvalue weighted by Crippen LogP contribution is 2.42. The predicted octanol–water partition coefficient (Wildman–Crippen LogP) is 23.2. The summed E-state index contributed by atoms with van der Waals surface area (Å²) in [6.07, 6.45) is 6.99. The molecule has 14 aromatic carbocycles. The first-order valence-electron chi connectivity index (χ1n) is 34.6. The van der Waals surface area contributed by atoms with Gasteiger partial charge in [0, 0.05) is 102 Å². The number of para-hydroxylation sites is 2. The van der Waals surface area contributed by atoms with Crippen LogP contribution in [-0.2, 0) is 0 Å². The van der Waals surface area contributed by atoms with Gasteiger partial charge in [0.1, 0.15) is 0 Å². The Labute approximate surface area is 598 Å². The summed E-state index contributed by atoms with van der Waals surface area (Å²) < 4.78 is 0. The molecule has 0 N–H and O–H groups in total. The van der Waals surface area contributed by atoms with Crippen molar-refractivity contribution >= 4 is 86.4 Å². The molecule has 0 radical (unpaired) electrons. The lowest BCUT2D eigenvalue weighted by molar-refractivity contribution is 1.07. The number of hydrogen-bond acceptors (Lipinski definition) is 10. The second-order valence-corrected chi connectivity index (χ2v) is 25.9. The summed E-state index contributed by atoms with van der Waals surface area (Å²) in [4.78, 5) is 48.9. The lowest BCUT2D eigenvalue weighted by atomic mass is 9.94. The topological polar surface area (TPSA) is 129 Å². The molecule has 6 heterocycles. The van der Waals surface area contributed by atoms with Crippen molar-refractivity contribution in [1.29, 1.82) is 0 Å². The van der Waals surface area contributed by atoms with Gasteiger partial charge in [-0.15, -0.1) is 0 Å². The van der Waals surface area contributed by atoms with Crippen molar-refractivity contribution in [2.24, 2.45) is 0 Å². The number of fused-ring (bicyclic) bond motifs is 12. The summed E-state index contributed by atoms with van der Waals surface area (Å²) in [5, 5.41) is 16.6. The number of pyridine rings is 4. The van der Waals surface area contributed by atoms with Gasteiger partial charge in [0.15, 0.2) is 34.9 Å². The second-order valence-electron chi connectivity index (χ2n) is 25.9. The van der Waals surface area contributed by atoms with E-state index in [1.807, 2.05) is 36.4 Å². The normalized spacial score (nSPS) is 11.5. The van der Waals surface area contributed by atoms with Crippen molar-refractivity contribution in [2.45, 2.75) is 0 Å². The maximum absolute atomic E-state index is 5.27. The Morgan fingerprint density at radius 3 is 0.942 bits per heavy atom. The fourth-order valence-corrected chi connectivity index (χ4v) is 14.4. The Hall–Kier alpha value is -14.2. The molecule has 10 heteroatoms. The highest BCUT2D eigenvalue weighted by molar-refractivity contribution is 6.24. The van der Waals surface area contributed by atoms with E-state index in [0.717, 1.165) is 122 Å². The summed E-state index contributed by atoms with van der Waals surface area (Å²) in [5.74, 6) is 3.63. The summed E-state index contributed by atoms with van der Waals surface area (Å²) in [6, 6.07) is 114. The quantitative estimate of drug-likeness (QED) is 0.122. The van der Waals surface area contributed by atoms with E-state index in [9.17, 15) is 0 Å². The summed E-state index contributed by atoms with van der Waals surface area (Å²) in [7, 11) is 0. The van der Waals surface area contributed by atoms with Gasteiger partial charge in [-0.2, -0.15) is 0 Å². The lowest BCUT2D eigenvalue weighted by Gasteiger charge is -2.14. The smallest absolute Gasteiger partial charge is 0.165 e. The van der Waals surface area contributed by atoms with E-state index < -0.39 is 0 Å². The average molecular weight is 1330 g/mol. The van der Waals surface area contributed by atoms with Crippen molar-refractivity contribution in [1.82, 2.24) is 49.8 Å². The van der Waals surface area contributed by atoms with Gasteiger partial charge < -0.3 is 0 Å². The zero-order chi connectivity index (χ0) is 68.9. The van der Waals surface area contributed by atoms with Crippen LogP contribution in [0.15, 0.2) is 352 Å². The van der Waals surface area contributed by atoms with Crippen LogP contribution in [0.25, 0.3) is 200 Å². The molecule has 0 saturated carbocycles. The van der Waals surface area contributed by atoms with Gasteiger partial charge in [-0.05, 0) is 138 Å². The van der Waals surface area contributed by atoms with Gasteiger partial charge in [0.05, 0.1) is 22.4 Å². The highest BCUT2D eigenvalue weighted by Gasteiger charge is 2.20. The fraction of sp³-hybridized carbons (Fsp3) is 0. The first kappa shape index (κ1) is 60.9. The molecule has 0 spiro atoms. The molecule has 0 aliphatic heterocycles. The van der Waals surface area contributed by atoms with Crippen LogP contribution in [0.2, 0.25) is 0 Å². The third kappa shape index (κ3) is 11.5. The molecular formula is C94H58N10. The molecule has 0 saturated heterocycles. The number of rotatable bonds is 10. The van der Waals surface area contributed by atoms with E-state index >= 15 is 0 Å². The van der Waals surface area contributed by atoms with Crippen LogP contribution in [0.5, 0.6) is 0 Å². The fourth-order valence-electron chi connectivity index (χ4n) is 14.4. The molecule has 6 aromatic heterocycles. The Bertz CT molecular complexity index is 6580. The van der Waals surface area contributed by atoms with Crippen molar-refractivity contribution in [2.75, 3.05) is 0 Å². The Morgan fingerprint density at radius 1 is 0.163 bits per heavy atom. The van der Waals surface area contributed by atoms with Gasteiger partial charge >= 0.3 is 0 Å². The third-order valence-corrected chi connectivity index (χ3v) is 19.5. The maximum Gasteiger partial charge on any atom is 0.165 e. The molecule has 10 nitrogen and oxygen atoms in total. The minimum absolute atomic E-state index is 0.564. The van der Waals surface area contributed by atoms with E-state index in [2.05, 4.69) is 301 Å². The molecule has 0 fully saturated rings. The largest absolute Gasteiger partial charge is 0.265 e. The molecule has 484 valence electrons. The summed E-state index contributed by atoms with van der Waals surface area (Å²) in [6.45, 7) is 0. The van der Waals surface area contributed by atoms with Gasteiger partial charge in [0.2, 0.25) is 0 Å². The van der Waals surface area contributed by atoms with Crippen molar-refractivity contribution in [3.8, 4) is 113 Å². The first-order valence-corrected chi connectivity index (χ1v) is 34.6. The summed E-state index contributed by atoms with van der Waals surface area (Å²) in [5.41, 5.74) is 15.7. The van der Waals surface area contributed by atoms with E-state index in [0.29, 0.717) is 34.9 Å². The summed E-state index contributed by atoms with van der Waals surface area (Å²) >= 11 is 0. The first-order chi connectivity index (χ1) is 51.5. The molecule has 0 aliphatic rings. The van der Waals surface area contributed by atoms with Gasteiger partial charge in [-0.1, -0.05) is 255 Å². The molecule has 104 heavy (non-hydrogen) atoms. The van der Waals surface area contributed by atoms with E-state index in [4.69, 9.17) is 39.9 Å². The Kier molecular flexibility index (Phi) is 15.3. The molecule has 0 atom stereocenters. The van der Waals surface area contributed by atoms with E-state index in [1.165, 1.54) is 43.1 Å². The van der Waals surface area contributed by atoms with Gasteiger partial charge in [-0.3, -0.25) is 9.97 Å². The number of aromatic nitrogens is 10. The molecule has 0 bridgehead atoms. The molecule has 0 amide bonds. The standard InChI is InChI=1S/C52H32N4.C42H26N6/c1-3-14-36-30-42(25-23-33(36)11-1)51-54-50(55-52(56-51)43-26-24-34-12-2-4-15-37(34)31-43)41-19-10-17-39(32-41)38-16-9-18-40(29-38)49-46-28-27-35-13-5-6-20-44(35)48(46)45-21-7-8-22-47(45)53-49;1-2-14-34-27(8-1)17-18-36-38(34)35-15-3-4-16-37(35)45-39(36)31-11-5-9-29(24-31)30-10-6-12-32(25-30)41-46-40(28-19-22-43-23-20-28)47-42(48-41)33-13-7-21-44-26-33/h1-32H;1-26H. The Balaban J connectivity index is 0.000000145. The van der Waals surface area contributed by atoms with Crippen LogP contribution in [0, 0.1) is 0 Å². The van der Waals surface area contributed by atoms with Crippen molar-refractivity contribution in [3.63, 3.8) is 0 Å². The van der Waals surface area contributed by atoms with Crippen molar-refractivity contribution < 1.29 is 0 Å². The van der Waals surface area contributed by atoms with Crippen LogP contribution in [-0.4, -0.2) is 49.8 Å². The molecule has 0 unspecified atom stereocenters. The van der Waals surface area contributed by atoms with Crippen LogP contribution in [0.3, 0.4) is 0 Å². The van der Waals surface area contributed by atoms with E-state index in [-0.39, 0.29) is 0 Å². The molecular weight excluding hydrogens is 1270 g/mol. The third-order valence-electron chi connectivity index (χ3n) is 19.5. The zero-order valence-corrected chi connectivity index (χ0v) is 56.0. The molecule has 20 aromatic rings. The minimum Gasteiger partial charge on any atom is -0.265 e. The lowest BCUT2D eigenvalue weighted by Crippen LogP contribution is -2.00. The molecule has 0 aliphatic carbocycles. The van der Waals surface area contributed by atoms with E-state index in [1.54, 1.807) is 24.8 Å². The second kappa shape index (κ2) is 26.1. The SMILES string of the molecule is c1cc(-c2cccc(-c3nc4ccccc4c4c3ccc3ccccc34)c2)cc(-c2nc(-c3ccc4ccccc4c3)nc(-c3ccc4ccccc4c3)n2)c1.c1cncc(-c2nc(-c3ccncc3)nc(-c3cccc(-c4cccc(-c5nc6ccccc6c6c5ccc5ccccc56)c4)c3)n2)c1.